The Morgan fingerprint density at radius 1 is 0.810 bits per heavy atom. The fourth-order valence-electron chi connectivity index (χ4n) is 2.56. The van der Waals surface area contributed by atoms with Crippen molar-refractivity contribution >= 4 is 23.5 Å². The topological polar surface area (TPSA) is 34.1 Å². The third kappa shape index (κ3) is 3.01. The first kappa shape index (κ1) is 15.7. The van der Waals surface area contributed by atoms with E-state index in [1.807, 2.05) is 74.5 Å². The summed E-state index contributed by atoms with van der Waals surface area (Å²) in [4.78, 5) is 12.5. The van der Waals surface area contributed by atoms with Gasteiger partial charge in [-0.05, 0) is 6.92 Å². The van der Waals surface area contributed by atoms with Gasteiger partial charge in [0.15, 0.2) is 7.14 Å². The Hall–Kier alpha value is -1.66. The standard InChI is InChI=1S/C18H21O2P/c1-14(2)18(19)15(3)21(20,16-10-6-4-7-11-16)17-12-8-5-9-13-17/h4-15H,1-3H3. The molecule has 0 heterocycles. The van der Waals surface area contributed by atoms with Gasteiger partial charge in [0.1, 0.15) is 5.78 Å². The zero-order chi connectivity index (χ0) is 15.5. The maximum absolute atomic E-state index is 13.8. The molecule has 21 heavy (non-hydrogen) atoms. The summed E-state index contributed by atoms with van der Waals surface area (Å²) in [6.45, 7) is 5.52. The maximum atomic E-state index is 13.8. The zero-order valence-corrected chi connectivity index (χ0v) is 13.6. The summed E-state index contributed by atoms with van der Waals surface area (Å²) in [5.41, 5.74) is -0.512. The van der Waals surface area contributed by atoms with Crippen LogP contribution in [-0.4, -0.2) is 11.4 Å². The van der Waals surface area contributed by atoms with E-state index < -0.39 is 12.8 Å². The minimum Gasteiger partial charge on any atom is -0.313 e. The minimum atomic E-state index is -2.97. The molecule has 0 aliphatic carbocycles. The lowest BCUT2D eigenvalue weighted by Gasteiger charge is -2.26. The molecule has 1 unspecified atom stereocenters. The summed E-state index contributed by atoms with van der Waals surface area (Å²) in [5, 5.41) is 1.50. The third-order valence-electron chi connectivity index (χ3n) is 3.81. The molecule has 0 aromatic heterocycles. The molecule has 0 aliphatic heterocycles. The number of ketones is 1. The summed E-state index contributed by atoms with van der Waals surface area (Å²) in [6.07, 6.45) is 0. The molecule has 2 aromatic rings. The molecule has 0 spiro atoms. The second kappa shape index (κ2) is 6.41. The minimum absolute atomic E-state index is 0.0473. The van der Waals surface area contributed by atoms with Gasteiger partial charge in [0, 0.05) is 16.5 Å². The van der Waals surface area contributed by atoms with Crippen LogP contribution < -0.4 is 10.6 Å². The van der Waals surface area contributed by atoms with Crippen LogP contribution in [0.25, 0.3) is 0 Å². The first-order valence-electron chi connectivity index (χ1n) is 7.22. The van der Waals surface area contributed by atoms with Crippen molar-refractivity contribution in [2.24, 2.45) is 5.92 Å². The van der Waals surface area contributed by atoms with E-state index in [0.717, 1.165) is 10.6 Å². The summed E-state index contributed by atoms with van der Waals surface area (Å²) in [6, 6.07) is 18.7. The highest BCUT2D eigenvalue weighted by Crippen LogP contribution is 2.49. The van der Waals surface area contributed by atoms with Crippen LogP contribution in [0, 0.1) is 5.92 Å². The number of carbonyl (C=O) groups excluding carboxylic acids is 1. The van der Waals surface area contributed by atoms with Crippen LogP contribution >= 0.6 is 7.14 Å². The van der Waals surface area contributed by atoms with E-state index in [0.29, 0.717) is 0 Å². The highest BCUT2D eigenvalue weighted by molar-refractivity contribution is 7.80. The Labute approximate surface area is 126 Å². The first-order chi connectivity index (χ1) is 9.98. The lowest BCUT2D eigenvalue weighted by Crippen LogP contribution is -2.32. The van der Waals surface area contributed by atoms with Gasteiger partial charge in [-0.3, -0.25) is 4.79 Å². The molecule has 0 N–H and O–H groups in total. The molecule has 0 radical (unpaired) electrons. The van der Waals surface area contributed by atoms with E-state index in [4.69, 9.17) is 0 Å². The van der Waals surface area contributed by atoms with Gasteiger partial charge in [0.05, 0.1) is 5.66 Å². The molecule has 0 bridgehead atoms. The molecule has 0 saturated carbocycles. The lowest BCUT2D eigenvalue weighted by molar-refractivity contribution is -0.121. The molecular formula is C18H21O2P. The molecule has 0 fully saturated rings. The highest BCUT2D eigenvalue weighted by Gasteiger charge is 2.38. The van der Waals surface area contributed by atoms with Crippen molar-refractivity contribution in [2.45, 2.75) is 26.4 Å². The molecule has 110 valence electrons. The highest BCUT2D eigenvalue weighted by atomic mass is 31.2. The summed E-state index contributed by atoms with van der Waals surface area (Å²) < 4.78 is 13.8. The molecule has 2 aromatic carbocycles. The van der Waals surface area contributed by atoms with Crippen LogP contribution in [-0.2, 0) is 9.36 Å². The summed E-state index contributed by atoms with van der Waals surface area (Å²) in [5.74, 6) is -0.0770. The molecule has 2 nitrogen and oxygen atoms in total. The van der Waals surface area contributed by atoms with Crippen molar-refractivity contribution < 1.29 is 9.36 Å². The average Bonchev–Trinajstić information content (AvgIpc) is 2.54. The van der Waals surface area contributed by atoms with E-state index in [1.54, 1.807) is 6.92 Å². The number of rotatable bonds is 5. The van der Waals surface area contributed by atoms with E-state index in [1.165, 1.54) is 0 Å². The SMILES string of the molecule is CC(C)C(=O)C(C)P(=O)(c1ccccc1)c1ccccc1. The van der Waals surface area contributed by atoms with Gasteiger partial charge in [0.25, 0.3) is 0 Å². The van der Waals surface area contributed by atoms with Crippen LogP contribution in [0.4, 0.5) is 0 Å². The number of benzene rings is 2. The number of hydrogen-bond acceptors (Lipinski definition) is 2. The Morgan fingerprint density at radius 3 is 1.52 bits per heavy atom. The molecule has 0 saturated heterocycles. The first-order valence-corrected chi connectivity index (χ1v) is 9.00. The summed E-state index contributed by atoms with van der Waals surface area (Å²) >= 11 is 0. The fourth-order valence-corrected chi connectivity index (χ4v) is 5.64. The lowest BCUT2D eigenvalue weighted by atomic mass is 10.1. The van der Waals surface area contributed by atoms with Gasteiger partial charge in [-0.25, -0.2) is 0 Å². The monoisotopic (exact) mass is 300 g/mol. The predicted molar refractivity (Wildman–Crippen MR) is 89.1 cm³/mol. The van der Waals surface area contributed by atoms with Crippen molar-refractivity contribution in [1.82, 2.24) is 0 Å². The Bertz CT molecular complexity index is 604. The largest absolute Gasteiger partial charge is 0.313 e. The quantitative estimate of drug-likeness (QED) is 0.790. The van der Waals surface area contributed by atoms with Crippen molar-refractivity contribution in [2.75, 3.05) is 0 Å². The van der Waals surface area contributed by atoms with Gasteiger partial charge in [-0.1, -0.05) is 74.5 Å². The average molecular weight is 300 g/mol. The van der Waals surface area contributed by atoms with E-state index in [-0.39, 0.29) is 11.7 Å². The van der Waals surface area contributed by atoms with Crippen LogP contribution in [0.2, 0.25) is 0 Å². The molecule has 1 atom stereocenters. The second-order valence-corrected chi connectivity index (χ2v) is 8.69. The Morgan fingerprint density at radius 2 is 1.19 bits per heavy atom. The van der Waals surface area contributed by atoms with Crippen molar-refractivity contribution in [3.63, 3.8) is 0 Å². The third-order valence-corrected chi connectivity index (χ3v) is 7.28. The van der Waals surface area contributed by atoms with E-state index >= 15 is 0 Å². The number of Topliss-reactive ketones (excluding diaryl/α,β-unsaturated/α-hetero) is 1. The predicted octanol–water partition coefficient (Wildman–Crippen LogP) is 3.61. The van der Waals surface area contributed by atoms with Crippen LogP contribution in [0.1, 0.15) is 20.8 Å². The fraction of sp³-hybridized carbons (Fsp3) is 0.278. The number of hydrogen-bond donors (Lipinski definition) is 0. The number of carbonyl (C=O) groups is 1. The van der Waals surface area contributed by atoms with Crippen molar-refractivity contribution in [1.29, 1.82) is 0 Å². The van der Waals surface area contributed by atoms with Crippen LogP contribution in [0.5, 0.6) is 0 Å². The normalized spacial score (nSPS) is 13.1. The zero-order valence-electron chi connectivity index (χ0n) is 12.7. The van der Waals surface area contributed by atoms with Crippen molar-refractivity contribution in [3.8, 4) is 0 Å². The smallest absolute Gasteiger partial charge is 0.153 e. The van der Waals surface area contributed by atoms with Crippen LogP contribution in [0.15, 0.2) is 60.7 Å². The van der Waals surface area contributed by atoms with Gasteiger partial charge in [-0.15, -0.1) is 0 Å². The molecular weight excluding hydrogens is 279 g/mol. The van der Waals surface area contributed by atoms with Crippen molar-refractivity contribution in [3.05, 3.63) is 60.7 Å². The van der Waals surface area contributed by atoms with Gasteiger partial charge >= 0.3 is 0 Å². The Balaban J connectivity index is 2.61. The Kier molecular flexibility index (Phi) is 4.80. The summed E-state index contributed by atoms with van der Waals surface area (Å²) in [7, 11) is -2.97. The second-order valence-electron chi connectivity index (χ2n) is 5.56. The van der Waals surface area contributed by atoms with Gasteiger partial charge < -0.3 is 4.57 Å². The van der Waals surface area contributed by atoms with Crippen LogP contribution in [0.3, 0.4) is 0 Å². The molecule has 0 aliphatic rings. The van der Waals surface area contributed by atoms with E-state index in [9.17, 15) is 9.36 Å². The van der Waals surface area contributed by atoms with E-state index in [2.05, 4.69) is 0 Å². The van der Waals surface area contributed by atoms with Gasteiger partial charge in [-0.2, -0.15) is 0 Å². The van der Waals surface area contributed by atoms with Gasteiger partial charge in [0.2, 0.25) is 0 Å². The molecule has 0 amide bonds. The molecule has 2 rings (SSSR count). The maximum Gasteiger partial charge on any atom is 0.153 e. The molecule has 3 heteroatoms.